The molecule has 116 valence electrons. The Morgan fingerprint density at radius 2 is 1.86 bits per heavy atom. The molecule has 3 unspecified atom stereocenters. The van der Waals surface area contributed by atoms with Crippen molar-refractivity contribution in [2.75, 3.05) is 6.54 Å². The minimum absolute atomic E-state index is 0.740. The fraction of sp³-hybridized carbons (Fsp3) is 0.700. The average Bonchev–Trinajstić information content (AvgIpc) is 2.53. The fourth-order valence-electron chi connectivity index (χ4n) is 4.57. The van der Waals surface area contributed by atoms with E-state index in [-0.39, 0.29) is 0 Å². The van der Waals surface area contributed by atoms with E-state index in [4.69, 9.17) is 0 Å². The molecular formula is C20H31N. The predicted molar refractivity (Wildman–Crippen MR) is 90.7 cm³/mol. The summed E-state index contributed by atoms with van der Waals surface area (Å²) >= 11 is 0. The largest absolute Gasteiger partial charge is 0.313 e. The third-order valence-electron chi connectivity index (χ3n) is 5.80. The highest BCUT2D eigenvalue weighted by atomic mass is 14.9. The molecule has 21 heavy (non-hydrogen) atoms. The normalized spacial score (nSPS) is 29.4. The number of hydrogen-bond acceptors (Lipinski definition) is 1. The summed E-state index contributed by atoms with van der Waals surface area (Å²) in [7, 11) is 0. The molecule has 0 amide bonds. The van der Waals surface area contributed by atoms with Crippen LogP contribution in [-0.2, 0) is 6.42 Å². The highest BCUT2D eigenvalue weighted by Gasteiger charge is 2.28. The lowest BCUT2D eigenvalue weighted by Crippen LogP contribution is -2.42. The second kappa shape index (κ2) is 6.96. The molecule has 1 aromatic carbocycles. The number of nitrogens with one attached hydrogen (secondary N) is 1. The van der Waals surface area contributed by atoms with E-state index in [1.807, 2.05) is 0 Å². The standard InChI is InChI=1S/C20H31N/c1-15(2)18-11-5-6-13-20(18)21-14-17-10-7-9-16-8-3-4-12-19(16)17/h3-4,8,12,15,17-18,20-21H,5-7,9-11,13-14H2,1-2H3. The quantitative estimate of drug-likeness (QED) is 0.828. The molecule has 1 N–H and O–H groups in total. The van der Waals surface area contributed by atoms with Gasteiger partial charge in [0.15, 0.2) is 0 Å². The van der Waals surface area contributed by atoms with Gasteiger partial charge in [0.25, 0.3) is 0 Å². The molecule has 0 aliphatic heterocycles. The van der Waals surface area contributed by atoms with Crippen LogP contribution in [0.3, 0.4) is 0 Å². The number of hydrogen-bond donors (Lipinski definition) is 1. The van der Waals surface area contributed by atoms with Crippen molar-refractivity contribution in [3.05, 3.63) is 35.4 Å². The van der Waals surface area contributed by atoms with Gasteiger partial charge in [0.05, 0.1) is 0 Å². The van der Waals surface area contributed by atoms with Crippen LogP contribution in [-0.4, -0.2) is 12.6 Å². The fourth-order valence-corrected chi connectivity index (χ4v) is 4.57. The Balaban J connectivity index is 1.62. The van der Waals surface area contributed by atoms with Gasteiger partial charge in [-0.15, -0.1) is 0 Å². The second-order valence-corrected chi connectivity index (χ2v) is 7.50. The van der Waals surface area contributed by atoms with E-state index in [0.717, 1.165) is 23.8 Å². The van der Waals surface area contributed by atoms with Gasteiger partial charge in [0.1, 0.15) is 0 Å². The summed E-state index contributed by atoms with van der Waals surface area (Å²) < 4.78 is 0. The van der Waals surface area contributed by atoms with Crippen LogP contribution in [0.5, 0.6) is 0 Å². The Kier molecular flexibility index (Phi) is 5.00. The molecule has 0 aromatic heterocycles. The summed E-state index contributed by atoms with van der Waals surface area (Å²) in [5, 5.41) is 3.96. The van der Waals surface area contributed by atoms with Gasteiger partial charge >= 0.3 is 0 Å². The van der Waals surface area contributed by atoms with Crippen LogP contribution in [0.1, 0.15) is 69.4 Å². The summed E-state index contributed by atoms with van der Waals surface area (Å²) in [6.07, 6.45) is 9.68. The highest BCUT2D eigenvalue weighted by molar-refractivity contribution is 5.32. The molecule has 0 radical (unpaired) electrons. The number of rotatable bonds is 4. The van der Waals surface area contributed by atoms with Gasteiger partial charge in [-0.2, -0.15) is 0 Å². The van der Waals surface area contributed by atoms with Gasteiger partial charge in [0, 0.05) is 12.6 Å². The molecule has 1 fully saturated rings. The highest BCUT2D eigenvalue weighted by Crippen LogP contribution is 2.33. The number of fused-ring (bicyclic) bond motifs is 1. The van der Waals surface area contributed by atoms with E-state index < -0.39 is 0 Å². The van der Waals surface area contributed by atoms with Crippen molar-refractivity contribution in [3.63, 3.8) is 0 Å². The molecule has 1 heteroatoms. The summed E-state index contributed by atoms with van der Waals surface area (Å²) in [4.78, 5) is 0. The van der Waals surface area contributed by atoms with Gasteiger partial charge < -0.3 is 5.32 Å². The minimum atomic E-state index is 0.740. The maximum atomic E-state index is 3.96. The molecule has 0 bridgehead atoms. The third kappa shape index (κ3) is 3.51. The molecule has 1 aromatic rings. The Morgan fingerprint density at radius 3 is 2.71 bits per heavy atom. The minimum Gasteiger partial charge on any atom is -0.313 e. The smallest absolute Gasteiger partial charge is 0.00980 e. The van der Waals surface area contributed by atoms with Crippen molar-refractivity contribution in [1.29, 1.82) is 0 Å². The second-order valence-electron chi connectivity index (χ2n) is 7.50. The third-order valence-corrected chi connectivity index (χ3v) is 5.80. The number of benzene rings is 1. The van der Waals surface area contributed by atoms with Crippen LogP contribution in [0.4, 0.5) is 0 Å². The Labute approximate surface area is 130 Å². The zero-order chi connectivity index (χ0) is 14.7. The van der Waals surface area contributed by atoms with Crippen LogP contribution >= 0.6 is 0 Å². The van der Waals surface area contributed by atoms with Crippen molar-refractivity contribution in [2.45, 2.75) is 70.8 Å². The molecule has 3 rings (SSSR count). The van der Waals surface area contributed by atoms with E-state index in [1.54, 1.807) is 11.1 Å². The first-order valence-corrected chi connectivity index (χ1v) is 9.07. The summed E-state index contributed by atoms with van der Waals surface area (Å²) in [5.41, 5.74) is 3.22. The first kappa shape index (κ1) is 15.1. The van der Waals surface area contributed by atoms with Crippen LogP contribution in [0.15, 0.2) is 24.3 Å². The lowest BCUT2D eigenvalue weighted by atomic mass is 9.77. The van der Waals surface area contributed by atoms with Gasteiger partial charge in [-0.05, 0) is 61.0 Å². The first-order chi connectivity index (χ1) is 10.3. The average molecular weight is 285 g/mol. The van der Waals surface area contributed by atoms with E-state index in [9.17, 15) is 0 Å². The lowest BCUT2D eigenvalue weighted by Gasteiger charge is -2.36. The Morgan fingerprint density at radius 1 is 1.05 bits per heavy atom. The Hall–Kier alpha value is -0.820. The van der Waals surface area contributed by atoms with E-state index >= 15 is 0 Å². The topological polar surface area (TPSA) is 12.0 Å². The Bertz CT molecular complexity index is 451. The zero-order valence-electron chi connectivity index (χ0n) is 13.8. The van der Waals surface area contributed by atoms with Gasteiger partial charge in [-0.25, -0.2) is 0 Å². The van der Waals surface area contributed by atoms with Crippen LogP contribution < -0.4 is 5.32 Å². The zero-order valence-corrected chi connectivity index (χ0v) is 13.8. The van der Waals surface area contributed by atoms with Crippen molar-refractivity contribution < 1.29 is 0 Å². The van der Waals surface area contributed by atoms with Gasteiger partial charge in [-0.1, -0.05) is 51.0 Å². The number of aryl methyl sites for hydroxylation is 1. The van der Waals surface area contributed by atoms with Crippen LogP contribution in [0.25, 0.3) is 0 Å². The summed E-state index contributed by atoms with van der Waals surface area (Å²) in [6.45, 7) is 5.99. The van der Waals surface area contributed by atoms with Crippen molar-refractivity contribution >= 4 is 0 Å². The molecule has 3 atom stereocenters. The predicted octanol–water partition coefficient (Wildman–Crippen LogP) is 4.91. The molecule has 2 aliphatic rings. The van der Waals surface area contributed by atoms with Crippen molar-refractivity contribution in [1.82, 2.24) is 5.32 Å². The van der Waals surface area contributed by atoms with Gasteiger partial charge in [-0.3, -0.25) is 0 Å². The van der Waals surface area contributed by atoms with E-state index in [1.165, 1.54) is 51.5 Å². The first-order valence-electron chi connectivity index (χ1n) is 9.07. The molecular weight excluding hydrogens is 254 g/mol. The molecule has 1 nitrogen and oxygen atoms in total. The van der Waals surface area contributed by atoms with E-state index in [0.29, 0.717) is 0 Å². The van der Waals surface area contributed by atoms with E-state index in [2.05, 4.69) is 43.4 Å². The maximum absolute atomic E-state index is 3.96. The summed E-state index contributed by atoms with van der Waals surface area (Å²) in [6, 6.07) is 9.87. The molecule has 0 spiro atoms. The molecule has 2 aliphatic carbocycles. The van der Waals surface area contributed by atoms with Crippen molar-refractivity contribution in [2.24, 2.45) is 11.8 Å². The summed E-state index contributed by atoms with van der Waals surface area (Å²) in [5.74, 6) is 2.45. The monoisotopic (exact) mass is 285 g/mol. The lowest BCUT2D eigenvalue weighted by molar-refractivity contribution is 0.202. The van der Waals surface area contributed by atoms with Crippen LogP contribution in [0, 0.1) is 11.8 Å². The molecule has 0 heterocycles. The molecule has 1 saturated carbocycles. The van der Waals surface area contributed by atoms with Crippen LogP contribution in [0.2, 0.25) is 0 Å². The van der Waals surface area contributed by atoms with Crippen molar-refractivity contribution in [3.8, 4) is 0 Å². The molecule has 0 saturated heterocycles. The SMILES string of the molecule is CC(C)C1CCCCC1NCC1CCCc2ccccc21. The maximum Gasteiger partial charge on any atom is 0.00980 e. The van der Waals surface area contributed by atoms with Gasteiger partial charge in [0.2, 0.25) is 0 Å².